The summed E-state index contributed by atoms with van der Waals surface area (Å²) in [5.41, 5.74) is 0.132. The molecule has 0 bridgehead atoms. The van der Waals surface area contributed by atoms with E-state index in [0.717, 1.165) is 23.3 Å². The number of H-pyrrole nitrogens is 1. The molecule has 0 saturated heterocycles. The highest BCUT2D eigenvalue weighted by molar-refractivity contribution is 7.74. The van der Waals surface area contributed by atoms with Crippen LogP contribution in [0.4, 0.5) is 20.2 Å². The number of hydrogen-bond acceptors (Lipinski definition) is 7. The number of benzene rings is 3. The van der Waals surface area contributed by atoms with Gasteiger partial charge in [0.1, 0.15) is 17.5 Å². The molecule has 4 rings (SSSR count). The number of nitrogens with zero attached hydrogens (tertiary/aromatic N) is 3. The Labute approximate surface area is 223 Å². The zero-order valence-electron chi connectivity index (χ0n) is 20.1. The SMILES string of the molecule is CN(OS(=O)O)c1ccc2cc(C(=O)Nc3cc(OCC#N)cc(C(F)(F)c4cccc(C#N)c4)c3)[nH]c2c1. The molecule has 13 heteroatoms. The Morgan fingerprint density at radius 3 is 2.64 bits per heavy atom. The number of carbonyl (C=O) groups is 1. The third kappa shape index (κ3) is 6.19. The molecule has 0 aliphatic carbocycles. The normalized spacial score (nSPS) is 11.8. The van der Waals surface area contributed by atoms with E-state index in [1.165, 1.54) is 31.3 Å². The molecule has 1 amide bonds. The van der Waals surface area contributed by atoms with Crippen LogP contribution in [-0.2, 0) is 21.6 Å². The number of nitriles is 2. The number of alkyl halides is 2. The molecular weight excluding hydrogens is 532 g/mol. The number of ether oxygens (including phenoxy) is 1. The van der Waals surface area contributed by atoms with E-state index in [9.17, 15) is 9.00 Å². The minimum absolute atomic E-state index is 0.0144. The van der Waals surface area contributed by atoms with Crippen molar-refractivity contribution in [2.24, 2.45) is 0 Å². The highest BCUT2D eigenvalue weighted by Gasteiger charge is 2.35. The van der Waals surface area contributed by atoms with Crippen molar-refractivity contribution in [1.82, 2.24) is 4.98 Å². The molecular formula is C26H19F2N5O5S. The largest absolute Gasteiger partial charge is 0.479 e. The summed E-state index contributed by atoms with van der Waals surface area (Å²) in [5.74, 6) is -4.26. The van der Waals surface area contributed by atoms with Crippen LogP contribution < -0.4 is 15.1 Å². The number of anilines is 2. The number of aromatic nitrogens is 1. The molecule has 0 saturated carbocycles. The van der Waals surface area contributed by atoms with Gasteiger partial charge in [0.25, 0.3) is 11.8 Å². The molecule has 39 heavy (non-hydrogen) atoms. The number of hydroxylamine groups is 1. The predicted molar refractivity (Wildman–Crippen MR) is 138 cm³/mol. The van der Waals surface area contributed by atoms with Gasteiger partial charge < -0.3 is 15.0 Å². The highest BCUT2D eigenvalue weighted by Crippen LogP contribution is 2.39. The van der Waals surface area contributed by atoms with Crippen LogP contribution in [0.2, 0.25) is 0 Å². The molecule has 0 aliphatic rings. The van der Waals surface area contributed by atoms with Gasteiger partial charge in [-0.1, -0.05) is 18.2 Å². The number of nitrogens with one attached hydrogen (secondary N) is 2. The van der Waals surface area contributed by atoms with Gasteiger partial charge >= 0.3 is 11.4 Å². The molecule has 1 aromatic heterocycles. The van der Waals surface area contributed by atoms with Crippen molar-refractivity contribution < 1.29 is 31.4 Å². The van der Waals surface area contributed by atoms with Crippen molar-refractivity contribution in [2.45, 2.75) is 5.92 Å². The lowest BCUT2D eigenvalue weighted by Crippen LogP contribution is -2.18. The fourth-order valence-corrected chi connectivity index (χ4v) is 4.05. The van der Waals surface area contributed by atoms with Gasteiger partial charge in [0, 0.05) is 40.8 Å². The predicted octanol–water partition coefficient (Wildman–Crippen LogP) is 4.84. The second kappa shape index (κ2) is 11.3. The van der Waals surface area contributed by atoms with Crippen molar-refractivity contribution in [2.75, 3.05) is 24.0 Å². The summed E-state index contributed by atoms with van der Waals surface area (Å²) in [7, 11) is 1.43. The smallest absolute Gasteiger partial charge is 0.325 e. The Kier molecular flexibility index (Phi) is 7.88. The summed E-state index contributed by atoms with van der Waals surface area (Å²) in [4.78, 5) is 15.9. The number of amides is 1. The van der Waals surface area contributed by atoms with Gasteiger partial charge in [-0.05, 0) is 42.5 Å². The van der Waals surface area contributed by atoms with Gasteiger partial charge in [-0.2, -0.15) is 23.5 Å². The first-order valence-electron chi connectivity index (χ1n) is 11.1. The van der Waals surface area contributed by atoms with Crippen LogP contribution in [0.15, 0.2) is 66.7 Å². The van der Waals surface area contributed by atoms with Crippen molar-refractivity contribution in [3.63, 3.8) is 0 Å². The second-order valence-corrected chi connectivity index (χ2v) is 8.74. The van der Waals surface area contributed by atoms with Crippen LogP contribution in [0, 0.1) is 22.7 Å². The van der Waals surface area contributed by atoms with Crippen LogP contribution in [-0.4, -0.2) is 33.3 Å². The Morgan fingerprint density at radius 1 is 1.13 bits per heavy atom. The number of aromatic amines is 1. The van der Waals surface area contributed by atoms with Gasteiger partial charge in [-0.15, -0.1) is 4.28 Å². The molecule has 0 spiro atoms. The maximum atomic E-state index is 15.5. The van der Waals surface area contributed by atoms with Gasteiger partial charge in [-0.3, -0.25) is 9.35 Å². The molecule has 4 aromatic rings. The van der Waals surface area contributed by atoms with E-state index in [-0.39, 0.29) is 22.7 Å². The Morgan fingerprint density at radius 2 is 1.92 bits per heavy atom. The third-order valence-electron chi connectivity index (χ3n) is 5.57. The molecule has 198 valence electrons. The Hall–Kier alpha value is -4.82. The van der Waals surface area contributed by atoms with Crippen molar-refractivity contribution in [1.29, 1.82) is 10.5 Å². The minimum Gasteiger partial charge on any atom is -0.479 e. The molecule has 0 aliphatic heterocycles. The van der Waals surface area contributed by atoms with Gasteiger partial charge in [0.15, 0.2) is 6.61 Å². The van der Waals surface area contributed by atoms with Crippen molar-refractivity contribution in [3.8, 4) is 17.9 Å². The molecule has 3 aromatic carbocycles. The number of carbonyl (C=O) groups excluding carboxylic acids is 1. The maximum Gasteiger partial charge on any atom is 0.325 e. The summed E-state index contributed by atoms with van der Waals surface area (Å²) in [6.07, 6.45) is 0. The lowest BCUT2D eigenvalue weighted by atomic mass is 9.98. The monoisotopic (exact) mass is 551 g/mol. The van der Waals surface area contributed by atoms with E-state index in [4.69, 9.17) is 24.1 Å². The minimum atomic E-state index is -3.55. The number of rotatable bonds is 9. The van der Waals surface area contributed by atoms with Gasteiger partial charge in [0.05, 0.1) is 17.3 Å². The first-order chi connectivity index (χ1) is 18.6. The summed E-state index contributed by atoms with van der Waals surface area (Å²) >= 11 is -2.53. The average Bonchev–Trinajstić information content (AvgIpc) is 3.35. The number of halogens is 2. The molecule has 0 fully saturated rings. The molecule has 10 nitrogen and oxygen atoms in total. The van der Waals surface area contributed by atoms with Crippen molar-refractivity contribution in [3.05, 3.63) is 89.1 Å². The zero-order chi connectivity index (χ0) is 28.2. The Balaban J connectivity index is 1.65. The summed E-state index contributed by atoms with van der Waals surface area (Å²) in [6, 6.07) is 18.4. The quantitative estimate of drug-likeness (QED) is 0.197. The van der Waals surface area contributed by atoms with E-state index in [1.54, 1.807) is 30.3 Å². The van der Waals surface area contributed by atoms with Crippen LogP contribution >= 0.6 is 0 Å². The molecule has 1 heterocycles. The summed E-state index contributed by atoms with van der Waals surface area (Å²) in [6.45, 7) is -0.404. The van der Waals surface area contributed by atoms with E-state index < -0.39 is 40.9 Å². The summed E-state index contributed by atoms with van der Waals surface area (Å²) < 4.78 is 60.7. The fraction of sp³-hybridized carbons (Fsp3) is 0.115. The van der Waals surface area contributed by atoms with Crippen LogP contribution in [0.25, 0.3) is 10.9 Å². The van der Waals surface area contributed by atoms with Crippen molar-refractivity contribution >= 4 is 39.5 Å². The Bertz CT molecular complexity index is 1660. The van der Waals surface area contributed by atoms with Crippen LogP contribution in [0.5, 0.6) is 5.75 Å². The highest BCUT2D eigenvalue weighted by atomic mass is 32.2. The van der Waals surface area contributed by atoms with Crippen LogP contribution in [0.1, 0.15) is 27.2 Å². The first-order valence-corrected chi connectivity index (χ1v) is 12.1. The van der Waals surface area contributed by atoms with E-state index in [0.29, 0.717) is 16.6 Å². The molecule has 3 N–H and O–H groups in total. The first kappa shape index (κ1) is 27.2. The molecule has 0 radical (unpaired) electrons. The van der Waals surface area contributed by atoms with E-state index in [1.807, 2.05) is 6.07 Å². The van der Waals surface area contributed by atoms with Crippen LogP contribution in [0.3, 0.4) is 0 Å². The van der Waals surface area contributed by atoms with Gasteiger partial charge in [0.2, 0.25) is 0 Å². The molecule has 1 unspecified atom stereocenters. The lowest BCUT2D eigenvalue weighted by molar-refractivity contribution is 0.0426. The maximum absolute atomic E-state index is 15.5. The third-order valence-corrected chi connectivity index (χ3v) is 5.93. The van der Waals surface area contributed by atoms with E-state index in [2.05, 4.69) is 10.3 Å². The summed E-state index contributed by atoms with van der Waals surface area (Å²) in [5, 5.41) is 22.2. The second-order valence-electron chi connectivity index (χ2n) is 8.16. The molecule has 1 atom stereocenters. The fourth-order valence-electron chi connectivity index (χ4n) is 3.77. The number of hydrogen-bond donors (Lipinski definition) is 3. The van der Waals surface area contributed by atoms with Gasteiger partial charge in [-0.25, -0.2) is 5.06 Å². The van der Waals surface area contributed by atoms with E-state index >= 15 is 8.78 Å². The zero-order valence-corrected chi connectivity index (χ0v) is 21.0. The average molecular weight is 552 g/mol. The lowest BCUT2D eigenvalue weighted by Gasteiger charge is -2.19. The standard InChI is InChI=1S/C26H19F2N5O5S/c1-33(38-39(35)36)21-6-5-17-10-24(32-23(17)14-21)25(34)31-20-11-19(12-22(13-20)37-8-7-29)26(27,28)18-4-2-3-16(9-18)15-30/h2-6,9-14,32H,8H2,1H3,(H,31,34)(H,35,36). The topological polar surface area (TPSA) is 151 Å². The number of fused-ring (bicyclic) bond motifs is 1.